The van der Waals surface area contributed by atoms with Crippen LogP contribution in [0.15, 0.2) is 30.3 Å². The standard InChI is InChI=1S/C15H22N2O.2ClH/c18-15(13-6-2-1-3-7-13)8-9-16-12-14(15)17-10-4-5-11-17;;/h1-3,6-7,14,16,18H,4-5,8-12H2;2*1H/t14-,15+;;/m1../s1. The quantitative estimate of drug-likeness (QED) is 0.877. The molecule has 0 spiro atoms. The van der Waals surface area contributed by atoms with Gasteiger partial charge in [-0.25, -0.2) is 0 Å². The Morgan fingerprint density at radius 2 is 1.75 bits per heavy atom. The molecule has 0 saturated carbocycles. The number of nitrogens with zero attached hydrogens (tertiary/aromatic N) is 1. The minimum atomic E-state index is -0.684. The van der Waals surface area contributed by atoms with E-state index in [1.165, 1.54) is 12.8 Å². The van der Waals surface area contributed by atoms with E-state index in [4.69, 9.17) is 0 Å². The first-order valence-electron chi connectivity index (χ1n) is 7.03. The van der Waals surface area contributed by atoms with E-state index in [2.05, 4.69) is 22.3 Å². The van der Waals surface area contributed by atoms with E-state index in [0.717, 1.165) is 38.2 Å². The van der Waals surface area contributed by atoms with Gasteiger partial charge in [-0.1, -0.05) is 30.3 Å². The molecule has 2 heterocycles. The monoisotopic (exact) mass is 318 g/mol. The Morgan fingerprint density at radius 3 is 2.40 bits per heavy atom. The number of benzene rings is 1. The van der Waals surface area contributed by atoms with Gasteiger partial charge in [0, 0.05) is 6.54 Å². The summed E-state index contributed by atoms with van der Waals surface area (Å²) >= 11 is 0. The molecule has 0 aliphatic carbocycles. The summed E-state index contributed by atoms with van der Waals surface area (Å²) in [5.74, 6) is 0. The van der Waals surface area contributed by atoms with Crippen LogP contribution in [0.25, 0.3) is 0 Å². The number of aliphatic hydroxyl groups is 1. The van der Waals surface area contributed by atoms with Gasteiger partial charge in [-0.05, 0) is 44.5 Å². The number of piperidine rings is 1. The highest BCUT2D eigenvalue weighted by atomic mass is 35.5. The molecule has 2 atom stereocenters. The van der Waals surface area contributed by atoms with Gasteiger partial charge in [-0.3, -0.25) is 4.90 Å². The molecule has 2 aliphatic heterocycles. The van der Waals surface area contributed by atoms with E-state index in [9.17, 15) is 5.11 Å². The van der Waals surface area contributed by atoms with Crippen molar-refractivity contribution in [2.75, 3.05) is 26.2 Å². The summed E-state index contributed by atoms with van der Waals surface area (Å²) in [4.78, 5) is 2.46. The summed E-state index contributed by atoms with van der Waals surface area (Å²) in [7, 11) is 0. The number of rotatable bonds is 2. The molecule has 2 fully saturated rings. The molecule has 114 valence electrons. The van der Waals surface area contributed by atoms with Crippen molar-refractivity contribution in [3.8, 4) is 0 Å². The maximum Gasteiger partial charge on any atom is 0.107 e. The summed E-state index contributed by atoms with van der Waals surface area (Å²) in [5.41, 5.74) is 0.389. The lowest BCUT2D eigenvalue weighted by molar-refractivity contribution is -0.0661. The number of halogens is 2. The SMILES string of the molecule is Cl.Cl.O[C@]1(c2ccccc2)CCNC[C@H]1N1CCCC1. The highest BCUT2D eigenvalue weighted by molar-refractivity contribution is 5.85. The molecule has 2 N–H and O–H groups in total. The van der Waals surface area contributed by atoms with Gasteiger partial charge >= 0.3 is 0 Å². The maximum atomic E-state index is 11.2. The van der Waals surface area contributed by atoms with E-state index >= 15 is 0 Å². The van der Waals surface area contributed by atoms with Gasteiger partial charge in [0.1, 0.15) is 5.60 Å². The number of hydrogen-bond donors (Lipinski definition) is 2. The van der Waals surface area contributed by atoms with Crippen LogP contribution in [0, 0.1) is 0 Å². The molecule has 0 radical (unpaired) electrons. The third-order valence-corrected chi connectivity index (χ3v) is 4.43. The molecule has 0 amide bonds. The lowest BCUT2D eigenvalue weighted by Crippen LogP contribution is -2.59. The van der Waals surface area contributed by atoms with E-state index in [1.807, 2.05) is 18.2 Å². The zero-order valence-electron chi connectivity index (χ0n) is 11.6. The zero-order chi connectivity index (χ0) is 12.4. The topological polar surface area (TPSA) is 35.5 Å². The van der Waals surface area contributed by atoms with Crippen molar-refractivity contribution < 1.29 is 5.11 Å². The fourth-order valence-electron chi connectivity index (χ4n) is 3.40. The van der Waals surface area contributed by atoms with Crippen molar-refractivity contribution in [2.24, 2.45) is 0 Å². The predicted molar refractivity (Wildman–Crippen MR) is 86.9 cm³/mol. The Balaban J connectivity index is 0.000001000. The average Bonchev–Trinajstić information content (AvgIpc) is 2.94. The third-order valence-electron chi connectivity index (χ3n) is 4.43. The largest absolute Gasteiger partial charge is 0.383 e. The molecule has 1 aromatic rings. The highest BCUT2D eigenvalue weighted by Crippen LogP contribution is 2.34. The zero-order valence-corrected chi connectivity index (χ0v) is 13.3. The first kappa shape index (κ1) is 17.7. The second-order valence-electron chi connectivity index (χ2n) is 5.50. The van der Waals surface area contributed by atoms with Crippen LogP contribution in [0.2, 0.25) is 0 Å². The van der Waals surface area contributed by atoms with Crippen LogP contribution in [0.4, 0.5) is 0 Å². The maximum absolute atomic E-state index is 11.2. The smallest absolute Gasteiger partial charge is 0.107 e. The Hall–Kier alpha value is -0.320. The van der Waals surface area contributed by atoms with E-state index in [-0.39, 0.29) is 30.9 Å². The van der Waals surface area contributed by atoms with Gasteiger partial charge in [0.15, 0.2) is 0 Å². The summed E-state index contributed by atoms with van der Waals surface area (Å²) in [6.07, 6.45) is 3.33. The first-order valence-corrected chi connectivity index (χ1v) is 7.03. The summed E-state index contributed by atoms with van der Waals surface area (Å²) in [5, 5.41) is 14.6. The Bertz CT molecular complexity index is 398. The predicted octanol–water partition coefficient (Wildman–Crippen LogP) is 2.18. The van der Waals surface area contributed by atoms with Crippen LogP contribution in [-0.2, 0) is 5.60 Å². The van der Waals surface area contributed by atoms with Crippen molar-refractivity contribution >= 4 is 24.8 Å². The molecular formula is C15H24Cl2N2O. The van der Waals surface area contributed by atoms with Crippen LogP contribution in [0.5, 0.6) is 0 Å². The van der Waals surface area contributed by atoms with Crippen LogP contribution < -0.4 is 5.32 Å². The molecule has 3 nitrogen and oxygen atoms in total. The second-order valence-corrected chi connectivity index (χ2v) is 5.50. The van der Waals surface area contributed by atoms with Gasteiger partial charge in [0.2, 0.25) is 0 Å². The van der Waals surface area contributed by atoms with Gasteiger partial charge < -0.3 is 10.4 Å². The second kappa shape index (κ2) is 7.62. The molecular weight excluding hydrogens is 295 g/mol. The Labute approximate surface area is 133 Å². The highest BCUT2D eigenvalue weighted by Gasteiger charge is 2.43. The summed E-state index contributed by atoms with van der Waals surface area (Å²) in [6.45, 7) is 4.05. The van der Waals surface area contributed by atoms with Crippen LogP contribution in [0.1, 0.15) is 24.8 Å². The molecule has 2 aliphatic rings. The average molecular weight is 319 g/mol. The molecule has 0 aromatic heterocycles. The van der Waals surface area contributed by atoms with Crippen molar-refractivity contribution in [3.05, 3.63) is 35.9 Å². The van der Waals surface area contributed by atoms with Gasteiger partial charge in [-0.15, -0.1) is 24.8 Å². The number of nitrogens with one attached hydrogen (secondary N) is 1. The van der Waals surface area contributed by atoms with Crippen LogP contribution >= 0.6 is 24.8 Å². The molecule has 5 heteroatoms. The number of hydrogen-bond acceptors (Lipinski definition) is 3. The lowest BCUT2D eigenvalue weighted by Gasteiger charge is -2.45. The fourth-order valence-corrected chi connectivity index (χ4v) is 3.40. The Kier molecular flexibility index (Phi) is 6.76. The normalized spacial score (nSPS) is 30.4. The molecule has 0 bridgehead atoms. The summed E-state index contributed by atoms with van der Waals surface area (Å²) in [6, 6.07) is 10.4. The molecule has 3 rings (SSSR count). The van der Waals surface area contributed by atoms with Gasteiger partial charge in [0.05, 0.1) is 6.04 Å². The molecule has 1 aromatic carbocycles. The lowest BCUT2D eigenvalue weighted by atomic mass is 9.80. The van der Waals surface area contributed by atoms with E-state index in [1.54, 1.807) is 0 Å². The van der Waals surface area contributed by atoms with E-state index in [0.29, 0.717) is 0 Å². The van der Waals surface area contributed by atoms with Crippen molar-refractivity contribution in [2.45, 2.75) is 30.9 Å². The molecule has 0 unspecified atom stereocenters. The minimum Gasteiger partial charge on any atom is -0.383 e. The van der Waals surface area contributed by atoms with E-state index < -0.39 is 5.60 Å². The van der Waals surface area contributed by atoms with Crippen molar-refractivity contribution in [3.63, 3.8) is 0 Å². The van der Waals surface area contributed by atoms with Gasteiger partial charge in [-0.2, -0.15) is 0 Å². The minimum absolute atomic E-state index is 0. The Morgan fingerprint density at radius 1 is 1.10 bits per heavy atom. The van der Waals surface area contributed by atoms with Crippen LogP contribution in [0.3, 0.4) is 0 Å². The number of likely N-dealkylation sites (tertiary alicyclic amines) is 1. The summed E-state index contributed by atoms with van der Waals surface area (Å²) < 4.78 is 0. The van der Waals surface area contributed by atoms with Crippen molar-refractivity contribution in [1.29, 1.82) is 0 Å². The molecule has 20 heavy (non-hydrogen) atoms. The third kappa shape index (κ3) is 3.29. The van der Waals surface area contributed by atoms with Crippen molar-refractivity contribution in [1.82, 2.24) is 10.2 Å². The fraction of sp³-hybridized carbons (Fsp3) is 0.600. The van der Waals surface area contributed by atoms with Gasteiger partial charge in [0.25, 0.3) is 0 Å². The molecule has 2 saturated heterocycles. The van der Waals surface area contributed by atoms with Crippen LogP contribution in [-0.4, -0.2) is 42.2 Å². The first-order chi connectivity index (χ1) is 8.81.